The van der Waals surface area contributed by atoms with Crippen molar-refractivity contribution in [3.8, 4) is 22.6 Å². The van der Waals surface area contributed by atoms with Crippen LogP contribution in [0.4, 0.5) is 10.5 Å². The molecule has 0 bridgehead atoms. The number of pyridine rings is 1. The summed E-state index contributed by atoms with van der Waals surface area (Å²) in [6, 6.07) is 17.9. The molecule has 0 saturated heterocycles. The quantitative estimate of drug-likeness (QED) is 0.332. The summed E-state index contributed by atoms with van der Waals surface area (Å²) in [4.78, 5) is 29.2. The lowest BCUT2D eigenvalue weighted by Gasteiger charge is -2.30. The molecule has 2 aromatic heterocycles. The van der Waals surface area contributed by atoms with Gasteiger partial charge in [0.15, 0.2) is 5.82 Å². The van der Waals surface area contributed by atoms with Crippen LogP contribution in [0.25, 0.3) is 22.6 Å². The Kier molecular flexibility index (Phi) is 6.59. The van der Waals surface area contributed by atoms with Gasteiger partial charge in [-0.05, 0) is 54.8 Å². The van der Waals surface area contributed by atoms with Crippen molar-refractivity contribution in [2.75, 3.05) is 11.9 Å². The van der Waals surface area contributed by atoms with E-state index >= 15 is 0 Å². The lowest BCUT2D eigenvalue weighted by molar-refractivity contribution is 0.206. The second kappa shape index (κ2) is 9.96. The number of aryl methyl sites for hydroxylation is 2. The second-order valence-electron chi connectivity index (χ2n) is 8.64. The van der Waals surface area contributed by atoms with Gasteiger partial charge in [0, 0.05) is 52.2 Å². The Labute approximate surface area is 213 Å². The van der Waals surface area contributed by atoms with Gasteiger partial charge in [0.05, 0.1) is 17.9 Å². The highest BCUT2D eigenvalue weighted by Crippen LogP contribution is 2.32. The van der Waals surface area contributed by atoms with Crippen molar-refractivity contribution < 1.29 is 4.79 Å². The fourth-order valence-electron chi connectivity index (χ4n) is 4.40. The fourth-order valence-corrected chi connectivity index (χ4v) is 4.93. The number of carbonyl (C=O) groups excluding carboxylic acids is 1. The highest BCUT2D eigenvalue weighted by molar-refractivity contribution is 9.10. The summed E-state index contributed by atoms with van der Waals surface area (Å²) in [5.74, 6) is 0.662. The van der Waals surface area contributed by atoms with Crippen LogP contribution >= 0.6 is 15.9 Å². The Hall–Kier alpha value is -3.58. The Morgan fingerprint density at radius 1 is 1.11 bits per heavy atom. The maximum absolute atomic E-state index is 13.2. The molecule has 0 atom stereocenters. The first-order valence-electron chi connectivity index (χ1n) is 11.7. The van der Waals surface area contributed by atoms with Crippen LogP contribution < -0.4 is 5.32 Å². The van der Waals surface area contributed by atoms with Crippen molar-refractivity contribution in [3.63, 3.8) is 0 Å². The largest absolute Gasteiger partial charge is 0.322 e. The number of anilines is 1. The Morgan fingerprint density at radius 2 is 1.97 bits per heavy atom. The van der Waals surface area contributed by atoms with Gasteiger partial charge in [-0.2, -0.15) is 0 Å². The third-order valence-corrected chi connectivity index (χ3v) is 7.12. The molecule has 0 fully saturated rings. The minimum Gasteiger partial charge on any atom is -0.320 e. The van der Waals surface area contributed by atoms with Crippen LogP contribution in [0.15, 0.2) is 71.5 Å². The van der Waals surface area contributed by atoms with Gasteiger partial charge < -0.3 is 10.2 Å². The predicted molar refractivity (Wildman–Crippen MR) is 142 cm³/mol. The van der Waals surface area contributed by atoms with Crippen molar-refractivity contribution in [2.45, 2.75) is 33.2 Å². The molecule has 0 saturated carbocycles. The first-order valence-corrected chi connectivity index (χ1v) is 12.5. The van der Waals surface area contributed by atoms with E-state index in [1.54, 1.807) is 12.4 Å². The summed E-state index contributed by atoms with van der Waals surface area (Å²) in [5.41, 5.74) is 7.88. The lowest BCUT2D eigenvalue weighted by Crippen LogP contribution is -2.39. The molecule has 35 heavy (non-hydrogen) atoms. The zero-order valence-corrected chi connectivity index (χ0v) is 21.3. The molecule has 176 valence electrons. The maximum atomic E-state index is 13.2. The standard InChI is InChI=1S/C28H26BrN5O/c1-3-19-15-21(10-11-24(19)29)31-28(35)34-14-12-25-23(17-34)26(22-9-5-4-7-18(22)2)33-27(32-25)20-8-6-13-30-16-20/h4-11,13,15-16H,3,12,14,17H2,1-2H3,(H,31,35). The summed E-state index contributed by atoms with van der Waals surface area (Å²) in [7, 11) is 0. The lowest BCUT2D eigenvalue weighted by atomic mass is 9.96. The average molecular weight is 528 g/mol. The van der Waals surface area contributed by atoms with Gasteiger partial charge in [-0.25, -0.2) is 14.8 Å². The van der Waals surface area contributed by atoms with Crippen molar-refractivity contribution in [1.29, 1.82) is 0 Å². The fraction of sp³-hybridized carbons (Fsp3) is 0.214. The highest BCUT2D eigenvalue weighted by atomic mass is 79.9. The number of hydrogen-bond donors (Lipinski definition) is 1. The van der Waals surface area contributed by atoms with Crippen molar-refractivity contribution in [1.82, 2.24) is 19.9 Å². The maximum Gasteiger partial charge on any atom is 0.322 e. The van der Waals surface area contributed by atoms with Gasteiger partial charge in [0.25, 0.3) is 0 Å². The minimum atomic E-state index is -0.118. The molecule has 0 unspecified atom stereocenters. The first-order chi connectivity index (χ1) is 17.0. The number of nitrogens with zero attached hydrogens (tertiary/aromatic N) is 4. The van der Waals surface area contributed by atoms with Gasteiger partial charge in [-0.1, -0.05) is 47.1 Å². The molecule has 1 aliphatic heterocycles. The summed E-state index contributed by atoms with van der Waals surface area (Å²) < 4.78 is 1.05. The SMILES string of the molecule is CCc1cc(NC(=O)N2CCc3nc(-c4cccnc4)nc(-c4ccccc4C)c3C2)ccc1Br. The number of benzene rings is 2. The third-order valence-electron chi connectivity index (χ3n) is 6.35. The van der Waals surface area contributed by atoms with E-state index in [2.05, 4.69) is 52.2 Å². The number of amides is 2. The van der Waals surface area contributed by atoms with Crippen LogP contribution in [0.2, 0.25) is 0 Å². The molecule has 1 N–H and O–H groups in total. The number of nitrogens with one attached hydrogen (secondary N) is 1. The van der Waals surface area contributed by atoms with Gasteiger partial charge in [0.2, 0.25) is 0 Å². The molecular weight excluding hydrogens is 502 g/mol. The van der Waals surface area contributed by atoms with Crippen LogP contribution in [-0.4, -0.2) is 32.4 Å². The monoisotopic (exact) mass is 527 g/mol. The molecule has 6 nitrogen and oxygen atoms in total. The number of carbonyl (C=O) groups is 1. The second-order valence-corrected chi connectivity index (χ2v) is 9.49. The van der Waals surface area contributed by atoms with Crippen molar-refractivity contribution >= 4 is 27.6 Å². The zero-order chi connectivity index (χ0) is 24.4. The Bertz CT molecular complexity index is 1390. The summed E-state index contributed by atoms with van der Waals surface area (Å²) in [6.45, 7) is 5.22. The number of fused-ring (bicyclic) bond motifs is 1. The Morgan fingerprint density at radius 3 is 2.74 bits per heavy atom. The van der Waals surface area contributed by atoms with Crippen molar-refractivity contribution in [2.24, 2.45) is 0 Å². The molecular formula is C28H26BrN5O. The summed E-state index contributed by atoms with van der Waals surface area (Å²) in [6.07, 6.45) is 5.08. The molecule has 0 spiro atoms. The Balaban J connectivity index is 1.50. The molecule has 2 aromatic carbocycles. The number of rotatable bonds is 4. The van der Waals surface area contributed by atoms with E-state index in [4.69, 9.17) is 9.97 Å². The number of aromatic nitrogens is 3. The van der Waals surface area contributed by atoms with Crippen LogP contribution in [0.3, 0.4) is 0 Å². The first kappa shape index (κ1) is 23.2. The van der Waals surface area contributed by atoms with E-state index < -0.39 is 0 Å². The van der Waals surface area contributed by atoms with Gasteiger partial charge in [-0.15, -0.1) is 0 Å². The molecule has 4 aromatic rings. The van der Waals surface area contributed by atoms with E-state index in [1.165, 1.54) is 0 Å². The van der Waals surface area contributed by atoms with Crippen molar-refractivity contribution in [3.05, 3.63) is 93.8 Å². The summed E-state index contributed by atoms with van der Waals surface area (Å²) >= 11 is 3.57. The molecule has 5 rings (SSSR count). The van der Waals surface area contributed by atoms with Crippen LogP contribution in [0.5, 0.6) is 0 Å². The van der Waals surface area contributed by atoms with Crippen LogP contribution in [0, 0.1) is 6.92 Å². The van der Waals surface area contributed by atoms with E-state index in [-0.39, 0.29) is 6.03 Å². The molecule has 3 heterocycles. The number of halogens is 1. The summed E-state index contributed by atoms with van der Waals surface area (Å²) in [5, 5.41) is 3.07. The third kappa shape index (κ3) is 4.82. The van der Waals surface area contributed by atoms with E-state index in [0.29, 0.717) is 25.3 Å². The van der Waals surface area contributed by atoms with Gasteiger partial charge in [0.1, 0.15) is 0 Å². The van der Waals surface area contributed by atoms with Gasteiger partial charge in [-0.3, -0.25) is 4.98 Å². The van der Waals surface area contributed by atoms with E-state index in [9.17, 15) is 4.79 Å². The molecule has 0 radical (unpaired) electrons. The average Bonchev–Trinajstić information content (AvgIpc) is 2.89. The van der Waals surface area contributed by atoms with Crippen LogP contribution in [-0.2, 0) is 19.4 Å². The predicted octanol–water partition coefficient (Wildman–Crippen LogP) is 6.43. The zero-order valence-electron chi connectivity index (χ0n) is 19.8. The topological polar surface area (TPSA) is 71.0 Å². The van der Waals surface area contributed by atoms with Crippen LogP contribution in [0.1, 0.15) is 29.3 Å². The normalized spacial score (nSPS) is 12.8. The molecule has 7 heteroatoms. The van der Waals surface area contributed by atoms with E-state index in [1.807, 2.05) is 47.4 Å². The molecule has 2 amide bonds. The smallest absolute Gasteiger partial charge is 0.320 e. The van der Waals surface area contributed by atoms with E-state index in [0.717, 1.165) is 55.8 Å². The highest BCUT2D eigenvalue weighted by Gasteiger charge is 2.27. The molecule has 1 aliphatic rings. The number of urea groups is 1. The molecule has 0 aliphatic carbocycles. The minimum absolute atomic E-state index is 0.118. The number of hydrogen-bond acceptors (Lipinski definition) is 4. The van der Waals surface area contributed by atoms with Gasteiger partial charge >= 0.3 is 6.03 Å².